The highest BCUT2D eigenvalue weighted by Gasteiger charge is 2.31. The fourth-order valence-corrected chi connectivity index (χ4v) is 1.75. The van der Waals surface area contributed by atoms with Crippen molar-refractivity contribution >= 4 is 23.4 Å². The number of halogens is 5. The molecule has 6 heteroatoms. The van der Waals surface area contributed by atoms with Crippen molar-refractivity contribution in [3.8, 4) is 0 Å². The molecule has 0 heterocycles. The van der Waals surface area contributed by atoms with Gasteiger partial charge in [0.05, 0.1) is 4.90 Å². The summed E-state index contributed by atoms with van der Waals surface area (Å²) >= 11 is 5.08. The van der Waals surface area contributed by atoms with Crippen molar-refractivity contribution in [3.63, 3.8) is 0 Å². The van der Waals surface area contributed by atoms with Crippen LogP contribution in [0.25, 0.3) is 0 Å². The standard InChI is InChI=1S/C8H5ClF4S/c1-4-5(9)2-3-6(10)7(4)14-8(11,12)13/h2-3H,1H3. The third-order valence-corrected chi connectivity index (χ3v) is 2.86. The first kappa shape index (κ1) is 11.7. The van der Waals surface area contributed by atoms with E-state index < -0.39 is 28.0 Å². The SMILES string of the molecule is Cc1c(Cl)ccc(F)c1SC(F)(F)F. The van der Waals surface area contributed by atoms with Crippen LogP contribution in [0.3, 0.4) is 0 Å². The van der Waals surface area contributed by atoms with Gasteiger partial charge < -0.3 is 0 Å². The van der Waals surface area contributed by atoms with Gasteiger partial charge in [-0.1, -0.05) is 11.6 Å². The maximum absolute atomic E-state index is 13.0. The Morgan fingerprint density at radius 2 is 1.86 bits per heavy atom. The summed E-state index contributed by atoms with van der Waals surface area (Å²) < 4.78 is 48.9. The maximum atomic E-state index is 13.0. The van der Waals surface area contributed by atoms with Crippen molar-refractivity contribution in [2.24, 2.45) is 0 Å². The normalized spacial score (nSPS) is 11.9. The van der Waals surface area contributed by atoms with Crippen molar-refractivity contribution in [2.45, 2.75) is 17.3 Å². The van der Waals surface area contributed by atoms with E-state index in [0.717, 1.165) is 6.07 Å². The molecule has 0 bridgehead atoms. The molecule has 0 aliphatic carbocycles. The summed E-state index contributed by atoms with van der Waals surface area (Å²) in [5.41, 5.74) is -4.40. The second kappa shape index (κ2) is 3.98. The molecule has 0 atom stereocenters. The van der Waals surface area contributed by atoms with Gasteiger partial charge in [0, 0.05) is 5.02 Å². The van der Waals surface area contributed by atoms with E-state index in [1.807, 2.05) is 0 Å². The highest BCUT2D eigenvalue weighted by molar-refractivity contribution is 8.00. The molecule has 0 aliphatic heterocycles. The van der Waals surface area contributed by atoms with Gasteiger partial charge in [-0.2, -0.15) is 13.2 Å². The minimum atomic E-state index is -4.50. The summed E-state index contributed by atoms with van der Waals surface area (Å²) in [6.45, 7) is 1.35. The molecule has 0 amide bonds. The average molecular weight is 245 g/mol. The van der Waals surface area contributed by atoms with Crippen LogP contribution < -0.4 is 0 Å². The predicted octanol–water partition coefficient (Wildman–Crippen LogP) is 4.40. The van der Waals surface area contributed by atoms with Crippen molar-refractivity contribution in [1.82, 2.24) is 0 Å². The maximum Gasteiger partial charge on any atom is 0.446 e. The molecule has 1 rings (SSSR count). The zero-order chi connectivity index (χ0) is 10.9. The van der Waals surface area contributed by atoms with Crippen LogP contribution in [0, 0.1) is 12.7 Å². The van der Waals surface area contributed by atoms with Crippen molar-refractivity contribution < 1.29 is 17.6 Å². The zero-order valence-electron chi connectivity index (χ0n) is 6.95. The molecular formula is C8H5ClF4S. The lowest BCUT2D eigenvalue weighted by atomic mass is 10.2. The van der Waals surface area contributed by atoms with Crippen LogP contribution in [-0.4, -0.2) is 5.51 Å². The van der Waals surface area contributed by atoms with E-state index in [0.29, 0.717) is 0 Å². The molecular weight excluding hydrogens is 240 g/mol. The summed E-state index contributed by atoms with van der Waals surface area (Å²) in [6, 6.07) is 2.15. The monoisotopic (exact) mass is 244 g/mol. The summed E-state index contributed by atoms with van der Waals surface area (Å²) in [4.78, 5) is -0.468. The van der Waals surface area contributed by atoms with Crippen LogP contribution in [0.5, 0.6) is 0 Å². The number of alkyl halides is 3. The molecule has 14 heavy (non-hydrogen) atoms. The van der Waals surface area contributed by atoms with Gasteiger partial charge in [0.15, 0.2) is 0 Å². The van der Waals surface area contributed by atoms with Crippen LogP contribution in [-0.2, 0) is 0 Å². The molecule has 0 N–H and O–H groups in total. The number of hydrogen-bond donors (Lipinski definition) is 0. The van der Waals surface area contributed by atoms with E-state index >= 15 is 0 Å². The number of benzene rings is 1. The van der Waals surface area contributed by atoms with Crippen molar-refractivity contribution in [3.05, 3.63) is 28.5 Å². The molecule has 0 unspecified atom stereocenters. The fourth-order valence-electron chi connectivity index (χ4n) is 0.876. The molecule has 0 saturated carbocycles. The first-order chi connectivity index (χ1) is 6.31. The highest BCUT2D eigenvalue weighted by Crippen LogP contribution is 2.41. The molecule has 0 aliphatic rings. The highest BCUT2D eigenvalue weighted by atomic mass is 35.5. The Balaban J connectivity index is 3.13. The molecule has 0 spiro atoms. The predicted molar refractivity (Wildman–Crippen MR) is 48.1 cm³/mol. The van der Waals surface area contributed by atoms with Gasteiger partial charge in [0.1, 0.15) is 5.82 Å². The molecule has 0 nitrogen and oxygen atoms in total. The first-order valence-electron chi connectivity index (χ1n) is 3.51. The van der Waals surface area contributed by atoms with E-state index in [9.17, 15) is 17.6 Å². The van der Waals surface area contributed by atoms with E-state index in [1.165, 1.54) is 13.0 Å². The Morgan fingerprint density at radius 1 is 1.29 bits per heavy atom. The second-order valence-corrected chi connectivity index (χ2v) is 4.01. The van der Waals surface area contributed by atoms with E-state index in [2.05, 4.69) is 0 Å². The summed E-state index contributed by atoms with van der Waals surface area (Å²) in [5.74, 6) is -0.908. The van der Waals surface area contributed by atoms with Crippen LogP contribution in [0.2, 0.25) is 5.02 Å². The van der Waals surface area contributed by atoms with Gasteiger partial charge in [-0.25, -0.2) is 4.39 Å². The van der Waals surface area contributed by atoms with Crippen LogP contribution in [0.1, 0.15) is 5.56 Å². The third kappa shape index (κ3) is 2.78. The lowest BCUT2D eigenvalue weighted by molar-refractivity contribution is -0.0329. The number of rotatable bonds is 1. The van der Waals surface area contributed by atoms with Gasteiger partial charge in [-0.15, -0.1) is 0 Å². The van der Waals surface area contributed by atoms with Crippen LogP contribution >= 0.6 is 23.4 Å². The minimum absolute atomic E-state index is 0.106. The third-order valence-electron chi connectivity index (χ3n) is 1.51. The van der Waals surface area contributed by atoms with Gasteiger partial charge in [-0.3, -0.25) is 0 Å². The number of thioether (sulfide) groups is 1. The lowest BCUT2D eigenvalue weighted by Gasteiger charge is -2.10. The average Bonchev–Trinajstić information content (AvgIpc) is 2.04. The zero-order valence-corrected chi connectivity index (χ0v) is 8.53. The van der Waals surface area contributed by atoms with Gasteiger partial charge in [0.2, 0.25) is 0 Å². The molecule has 78 valence electrons. The Labute approximate surface area is 87.2 Å². The quantitative estimate of drug-likeness (QED) is 0.521. The first-order valence-corrected chi connectivity index (χ1v) is 4.71. The van der Waals surface area contributed by atoms with E-state index in [4.69, 9.17) is 11.6 Å². The summed E-state index contributed by atoms with van der Waals surface area (Å²) in [5, 5.41) is 0.123. The summed E-state index contributed by atoms with van der Waals surface area (Å²) in [6.07, 6.45) is 0. The van der Waals surface area contributed by atoms with Crippen molar-refractivity contribution in [2.75, 3.05) is 0 Å². The Hall–Kier alpha value is -0.420. The lowest BCUT2D eigenvalue weighted by Crippen LogP contribution is -2.01. The Kier molecular flexibility index (Phi) is 3.32. The minimum Gasteiger partial charge on any atom is -0.206 e. The van der Waals surface area contributed by atoms with E-state index in [-0.39, 0.29) is 10.6 Å². The molecule has 1 aromatic carbocycles. The fraction of sp³-hybridized carbons (Fsp3) is 0.250. The Morgan fingerprint density at radius 3 is 2.36 bits per heavy atom. The summed E-state index contributed by atoms with van der Waals surface area (Å²) in [7, 11) is 0. The smallest absolute Gasteiger partial charge is 0.206 e. The molecule has 0 radical (unpaired) electrons. The molecule has 0 aromatic heterocycles. The van der Waals surface area contributed by atoms with Crippen LogP contribution in [0.15, 0.2) is 17.0 Å². The van der Waals surface area contributed by atoms with Crippen molar-refractivity contribution in [1.29, 1.82) is 0 Å². The van der Waals surface area contributed by atoms with E-state index in [1.54, 1.807) is 0 Å². The molecule has 0 saturated heterocycles. The van der Waals surface area contributed by atoms with Gasteiger partial charge >= 0.3 is 5.51 Å². The largest absolute Gasteiger partial charge is 0.446 e. The van der Waals surface area contributed by atoms with Gasteiger partial charge in [-0.05, 0) is 36.4 Å². The Bertz CT molecular complexity index is 348. The van der Waals surface area contributed by atoms with Gasteiger partial charge in [0.25, 0.3) is 0 Å². The topological polar surface area (TPSA) is 0 Å². The molecule has 1 aromatic rings. The number of hydrogen-bond acceptors (Lipinski definition) is 1. The second-order valence-electron chi connectivity index (χ2n) is 2.53. The molecule has 0 fully saturated rings. The van der Waals surface area contributed by atoms with Crippen LogP contribution in [0.4, 0.5) is 17.6 Å².